The second-order valence-electron chi connectivity index (χ2n) is 6.54. The van der Waals surface area contributed by atoms with E-state index in [1.165, 1.54) is 0 Å². The topological polar surface area (TPSA) is 94.7 Å². The summed E-state index contributed by atoms with van der Waals surface area (Å²) in [5, 5.41) is 13.4. The minimum Gasteiger partial charge on any atom is -0.480 e. The average molecular weight is 345 g/mol. The fourth-order valence-corrected chi connectivity index (χ4v) is 3.06. The fraction of sp³-hybridized carbons (Fsp3) is 0.444. The van der Waals surface area contributed by atoms with Crippen molar-refractivity contribution in [2.24, 2.45) is 5.92 Å². The number of fused-ring (bicyclic) bond motifs is 1. The first-order valence-electron chi connectivity index (χ1n) is 8.44. The van der Waals surface area contributed by atoms with Gasteiger partial charge in [-0.1, -0.05) is 19.9 Å². The molecule has 7 nitrogen and oxygen atoms in total. The van der Waals surface area contributed by atoms with Crippen LogP contribution in [0.3, 0.4) is 0 Å². The molecule has 1 fully saturated rings. The highest BCUT2D eigenvalue weighted by atomic mass is 16.5. The lowest BCUT2D eigenvalue weighted by Crippen LogP contribution is -2.42. The highest BCUT2D eigenvalue weighted by Gasteiger charge is 2.30. The number of aromatic nitrogens is 1. The van der Waals surface area contributed by atoms with E-state index in [4.69, 9.17) is 4.74 Å². The number of benzene rings is 1. The van der Waals surface area contributed by atoms with Gasteiger partial charge in [-0.25, -0.2) is 0 Å². The molecule has 1 aromatic heterocycles. The largest absolute Gasteiger partial charge is 0.480 e. The molecule has 0 spiro atoms. The maximum atomic E-state index is 11.9. The molecule has 3 rings (SSSR count). The number of carboxylic acid groups (broad SMARTS) is 1. The van der Waals surface area contributed by atoms with E-state index in [0.29, 0.717) is 32.0 Å². The number of nitrogens with one attached hydrogen (secondary N) is 2. The predicted octanol–water partition coefficient (Wildman–Crippen LogP) is 2.22. The summed E-state index contributed by atoms with van der Waals surface area (Å²) in [7, 11) is 0. The van der Waals surface area contributed by atoms with Gasteiger partial charge in [-0.3, -0.25) is 14.5 Å². The number of carbonyl (C=O) groups excluding carboxylic acids is 1. The predicted molar refractivity (Wildman–Crippen MR) is 94.5 cm³/mol. The van der Waals surface area contributed by atoms with Crippen LogP contribution < -0.4 is 5.32 Å². The molecule has 0 saturated carbocycles. The molecule has 134 valence electrons. The Labute approximate surface area is 146 Å². The van der Waals surface area contributed by atoms with Gasteiger partial charge in [0.25, 0.3) is 0 Å². The zero-order valence-electron chi connectivity index (χ0n) is 14.4. The fourth-order valence-electron chi connectivity index (χ4n) is 3.06. The van der Waals surface area contributed by atoms with Crippen LogP contribution >= 0.6 is 0 Å². The second kappa shape index (κ2) is 7.25. The van der Waals surface area contributed by atoms with Gasteiger partial charge in [0.15, 0.2) is 0 Å². The number of nitrogens with zero attached hydrogens (tertiary/aromatic N) is 1. The third-order valence-corrected chi connectivity index (χ3v) is 4.44. The van der Waals surface area contributed by atoms with Crippen LogP contribution in [0.2, 0.25) is 0 Å². The number of ether oxygens (including phenoxy) is 1. The number of carbonyl (C=O) groups is 2. The molecule has 1 aliphatic heterocycles. The van der Waals surface area contributed by atoms with E-state index in [2.05, 4.69) is 10.3 Å². The molecule has 2 heterocycles. The summed E-state index contributed by atoms with van der Waals surface area (Å²) in [6, 6.07) is 4.77. The van der Waals surface area contributed by atoms with Gasteiger partial charge < -0.3 is 20.1 Å². The Kier molecular flexibility index (Phi) is 5.06. The van der Waals surface area contributed by atoms with E-state index >= 15 is 0 Å². The van der Waals surface area contributed by atoms with Crippen LogP contribution in [0.25, 0.3) is 10.9 Å². The molecule has 7 heteroatoms. The van der Waals surface area contributed by atoms with Gasteiger partial charge in [-0.15, -0.1) is 0 Å². The van der Waals surface area contributed by atoms with E-state index < -0.39 is 12.0 Å². The molecule has 3 N–H and O–H groups in total. The highest BCUT2D eigenvalue weighted by molar-refractivity contribution is 5.96. The number of aliphatic carboxylic acids is 1. The van der Waals surface area contributed by atoms with Crippen LogP contribution in [-0.2, 0) is 14.3 Å². The summed E-state index contributed by atoms with van der Waals surface area (Å²) in [6.45, 7) is 5.92. The summed E-state index contributed by atoms with van der Waals surface area (Å²) in [5.41, 5.74) is 2.22. The maximum Gasteiger partial charge on any atom is 0.325 e. The summed E-state index contributed by atoms with van der Waals surface area (Å²) in [5.74, 6) is -1.03. The summed E-state index contributed by atoms with van der Waals surface area (Å²) in [4.78, 5) is 28.8. The van der Waals surface area contributed by atoms with Crippen LogP contribution in [-0.4, -0.2) is 53.2 Å². The highest BCUT2D eigenvalue weighted by Crippen LogP contribution is 2.30. The molecule has 1 atom stereocenters. The Morgan fingerprint density at radius 1 is 1.28 bits per heavy atom. The standard InChI is InChI=1S/C18H23N3O4/c1-11(2)17(22)20-12-3-4-13-14(10-19-15(13)9-12)16(18(23)24)21-5-7-25-8-6-21/h3-4,9-11,16,19H,5-8H2,1-2H3,(H,20,22)(H,23,24)/t16-/m0/s1. The van der Waals surface area contributed by atoms with Crippen LogP contribution in [0.15, 0.2) is 24.4 Å². The lowest BCUT2D eigenvalue weighted by Gasteiger charge is -2.31. The van der Waals surface area contributed by atoms with Crippen LogP contribution in [0.1, 0.15) is 25.5 Å². The third kappa shape index (κ3) is 3.67. The van der Waals surface area contributed by atoms with E-state index in [-0.39, 0.29) is 11.8 Å². The molecule has 0 bridgehead atoms. The molecule has 1 amide bonds. The molecule has 25 heavy (non-hydrogen) atoms. The number of anilines is 1. The first kappa shape index (κ1) is 17.4. The molecule has 0 radical (unpaired) electrons. The van der Waals surface area contributed by atoms with Gasteiger partial charge in [0, 0.05) is 47.4 Å². The van der Waals surface area contributed by atoms with Crippen molar-refractivity contribution in [3.05, 3.63) is 30.0 Å². The molecule has 2 aromatic rings. The quantitative estimate of drug-likeness (QED) is 0.772. The van der Waals surface area contributed by atoms with Crippen molar-refractivity contribution in [3.63, 3.8) is 0 Å². The number of morpholine rings is 1. The van der Waals surface area contributed by atoms with Crippen molar-refractivity contribution in [2.75, 3.05) is 31.6 Å². The van der Waals surface area contributed by atoms with Gasteiger partial charge in [-0.05, 0) is 12.1 Å². The Hall–Kier alpha value is -2.38. The Morgan fingerprint density at radius 3 is 2.64 bits per heavy atom. The van der Waals surface area contributed by atoms with Gasteiger partial charge >= 0.3 is 5.97 Å². The normalized spacial score (nSPS) is 16.9. The first-order chi connectivity index (χ1) is 12.0. The number of rotatable bonds is 5. The molecule has 1 aromatic carbocycles. The van der Waals surface area contributed by atoms with Crippen LogP contribution in [0.4, 0.5) is 5.69 Å². The molecule has 0 aliphatic carbocycles. The van der Waals surface area contributed by atoms with E-state index in [9.17, 15) is 14.7 Å². The Balaban J connectivity index is 1.91. The van der Waals surface area contributed by atoms with Crippen molar-refractivity contribution in [1.82, 2.24) is 9.88 Å². The average Bonchev–Trinajstić information content (AvgIpc) is 2.98. The van der Waals surface area contributed by atoms with E-state index in [1.807, 2.05) is 30.9 Å². The van der Waals surface area contributed by atoms with Crippen LogP contribution in [0, 0.1) is 5.92 Å². The Bertz CT molecular complexity index is 778. The van der Waals surface area contributed by atoms with E-state index in [0.717, 1.165) is 16.5 Å². The number of H-pyrrole nitrogens is 1. The van der Waals surface area contributed by atoms with Gasteiger partial charge in [0.1, 0.15) is 6.04 Å². The minimum absolute atomic E-state index is 0.0529. The van der Waals surface area contributed by atoms with Crippen molar-refractivity contribution in [3.8, 4) is 0 Å². The van der Waals surface area contributed by atoms with Crippen molar-refractivity contribution in [2.45, 2.75) is 19.9 Å². The molecule has 0 unspecified atom stereocenters. The van der Waals surface area contributed by atoms with E-state index in [1.54, 1.807) is 12.3 Å². The smallest absolute Gasteiger partial charge is 0.325 e. The van der Waals surface area contributed by atoms with Crippen molar-refractivity contribution in [1.29, 1.82) is 0 Å². The Morgan fingerprint density at radius 2 is 2.00 bits per heavy atom. The second-order valence-corrected chi connectivity index (χ2v) is 6.54. The van der Waals surface area contributed by atoms with Gasteiger partial charge in [0.05, 0.1) is 13.2 Å². The van der Waals surface area contributed by atoms with Gasteiger partial charge in [0.2, 0.25) is 5.91 Å². The summed E-state index contributed by atoms with van der Waals surface area (Å²) < 4.78 is 5.32. The number of amides is 1. The lowest BCUT2D eigenvalue weighted by atomic mass is 10.0. The van der Waals surface area contributed by atoms with Crippen LogP contribution in [0.5, 0.6) is 0 Å². The lowest BCUT2D eigenvalue weighted by molar-refractivity contribution is -0.145. The SMILES string of the molecule is CC(C)C(=O)Nc1ccc2c([C@@H](C(=O)O)N3CCOCC3)c[nH]c2c1. The number of hydrogen-bond donors (Lipinski definition) is 3. The van der Waals surface area contributed by atoms with Gasteiger partial charge in [-0.2, -0.15) is 0 Å². The summed E-state index contributed by atoms with van der Waals surface area (Å²) >= 11 is 0. The minimum atomic E-state index is -0.875. The molecular weight excluding hydrogens is 322 g/mol. The number of aromatic amines is 1. The maximum absolute atomic E-state index is 11.9. The van der Waals surface area contributed by atoms with Crippen molar-refractivity contribution >= 4 is 28.5 Å². The molecule has 1 saturated heterocycles. The molecule has 1 aliphatic rings. The zero-order chi connectivity index (χ0) is 18.0. The monoisotopic (exact) mass is 345 g/mol. The third-order valence-electron chi connectivity index (χ3n) is 4.44. The van der Waals surface area contributed by atoms with Crippen molar-refractivity contribution < 1.29 is 19.4 Å². The number of carboxylic acids is 1. The zero-order valence-corrected chi connectivity index (χ0v) is 14.4. The summed E-state index contributed by atoms with van der Waals surface area (Å²) in [6.07, 6.45) is 1.74. The molecular formula is C18H23N3O4. The number of hydrogen-bond acceptors (Lipinski definition) is 4. The first-order valence-corrected chi connectivity index (χ1v) is 8.44.